The Hall–Kier alpha value is -0.316. The Balaban J connectivity index is 1.92. The molecule has 0 bridgehead atoms. The molecule has 0 aromatic carbocycles. The smallest absolute Gasteiger partial charge is 0.192 e. The molecule has 7 heteroatoms. The highest BCUT2D eigenvalue weighted by molar-refractivity contribution is 6.74. The Bertz CT molecular complexity index is 1070. The summed E-state index contributed by atoms with van der Waals surface area (Å²) in [5, 5.41) is 0.197. The van der Waals surface area contributed by atoms with Crippen molar-refractivity contribution < 1.29 is 23.1 Å². The van der Waals surface area contributed by atoms with Crippen molar-refractivity contribution in [1.82, 2.24) is 0 Å². The maximum absolute atomic E-state index is 13.8. The third-order valence-corrected chi connectivity index (χ3v) is 22.9. The molecule has 242 valence electrons. The van der Waals surface area contributed by atoms with Gasteiger partial charge < -0.3 is 18.3 Å². The lowest BCUT2D eigenvalue weighted by atomic mass is 9.38. The second kappa shape index (κ2) is 10.9. The minimum atomic E-state index is -2.12. The summed E-state index contributed by atoms with van der Waals surface area (Å²) < 4.78 is 27.1. The summed E-state index contributed by atoms with van der Waals surface area (Å²) in [6, 6.07) is 0. The van der Waals surface area contributed by atoms with Crippen molar-refractivity contribution in [2.24, 2.45) is 34.0 Å². The van der Waals surface area contributed by atoms with Gasteiger partial charge in [0.15, 0.2) is 22.4 Å². The Morgan fingerprint density at radius 1 is 0.929 bits per heavy atom. The maximum atomic E-state index is 13.8. The molecular formula is C35H64O5Si2. The molecule has 9 atom stereocenters. The predicted octanol–water partition coefficient (Wildman–Crippen LogP) is 9.14. The first-order valence-electron chi connectivity index (χ1n) is 16.6. The lowest BCUT2D eigenvalue weighted by Gasteiger charge is -2.70. The van der Waals surface area contributed by atoms with E-state index in [4.69, 9.17) is 18.3 Å². The molecule has 0 radical (unpaired) electrons. The number of rotatable bonds is 7. The highest BCUT2D eigenvalue weighted by Gasteiger charge is 2.74. The van der Waals surface area contributed by atoms with Crippen LogP contribution in [0.5, 0.6) is 0 Å². The van der Waals surface area contributed by atoms with Crippen molar-refractivity contribution in [3.05, 3.63) is 11.6 Å². The Labute approximate surface area is 260 Å². The number of ketones is 1. The van der Waals surface area contributed by atoms with Gasteiger partial charge in [0.1, 0.15) is 6.79 Å². The minimum Gasteiger partial charge on any atom is -0.414 e. The van der Waals surface area contributed by atoms with Gasteiger partial charge in [-0.05, 0) is 104 Å². The molecule has 4 aliphatic rings. The highest BCUT2D eigenvalue weighted by atomic mass is 28.4. The zero-order valence-electron chi connectivity index (χ0n) is 29.8. The summed E-state index contributed by atoms with van der Waals surface area (Å²) in [6.07, 6.45) is 6.95. The van der Waals surface area contributed by atoms with Gasteiger partial charge in [-0.25, -0.2) is 0 Å². The van der Waals surface area contributed by atoms with Gasteiger partial charge in [0.05, 0.1) is 12.2 Å². The zero-order valence-corrected chi connectivity index (χ0v) is 31.8. The second-order valence-corrected chi connectivity index (χ2v) is 27.8. The molecule has 0 amide bonds. The van der Waals surface area contributed by atoms with Crippen LogP contribution in [0.25, 0.3) is 0 Å². The van der Waals surface area contributed by atoms with E-state index >= 15 is 0 Å². The van der Waals surface area contributed by atoms with Crippen LogP contribution in [0.4, 0.5) is 0 Å². The molecule has 0 unspecified atom stereocenters. The normalized spacial score (nSPS) is 41.2. The van der Waals surface area contributed by atoms with Gasteiger partial charge in [-0.2, -0.15) is 0 Å². The lowest BCUT2D eigenvalue weighted by Crippen LogP contribution is -2.71. The van der Waals surface area contributed by atoms with Gasteiger partial charge in [0.2, 0.25) is 0 Å². The van der Waals surface area contributed by atoms with Crippen molar-refractivity contribution >= 4 is 22.4 Å². The first-order chi connectivity index (χ1) is 19.0. The van der Waals surface area contributed by atoms with E-state index in [1.165, 1.54) is 5.57 Å². The molecular weight excluding hydrogens is 557 g/mol. The molecule has 0 aromatic rings. The summed E-state index contributed by atoms with van der Waals surface area (Å²) in [5.74, 6) is 0.970. The fourth-order valence-corrected chi connectivity index (χ4v) is 12.1. The van der Waals surface area contributed by atoms with Gasteiger partial charge in [-0.3, -0.25) is 4.79 Å². The topological polar surface area (TPSA) is 54.0 Å². The van der Waals surface area contributed by atoms with Crippen molar-refractivity contribution in [2.45, 2.75) is 156 Å². The Morgan fingerprint density at radius 3 is 2.05 bits per heavy atom. The van der Waals surface area contributed by atoms with E-state index in [0.717, 1.165) is 32.1 Å². The largest absolute Gasteiger partial charge is 0.414 e. The van der Waals surface area contributed by atoms with Crippen LogP contribution in [0.3, 0.4) is 0 Å². The van der Waals surface area contributed by atoms with Gasteiger partial charge in [0, 0.05) is 24.5 Å². The molecule has 5 nitrogen and oxygen atoms in total. The molecule has 3 fully saturated rings. The van der Waals surface area contributed by atoms with Crippen molar-refractivity contribution in [3.63, 3.8) is 0 Å². The first kappa shape index (κ1) is 34.6. The van der Waals surface area contributed by atoms with E-state index in [-0.39, 0.29) is 50.6 Å². The van der Waals surface area contributed by atoms with E-state index in [0.29, 0.717) is 24.4 Å². The third kappa shape index (κ3) is 5.32. The summed E-state index contributed by atoms with van der Waals surface area (Å²) in [5.41, 5.74) is 0.884. The van der Waals surface area contributed by atoms with E-state index < -0.39 is 16.6 Å². The fourth-order valence-electron chi connectivity index (χ4n) is 9.35. The first-order valence-corrected chi connectivity index (χ1v) is 22.4. The number of allylic oxidation sites excluding steroid dienone is 2. The van der Waals surface area contributed by atoms with Gasteiger partial charge >= 0.3 is 0 Å². The van der Waals surface area contributed by atoms with Crippen molar-refractivity contribution in [1.29, 1.82) is 0 Å². The molecule has 0 spiro atoms. The molecule has 0 heterocycles. The average Bonchev–Trinajstić information content (AvgIpc) is 3.08. The number of hydrogen-bond acceptors (Lipinski definition) is 5. The van der Waals surface area contributed by atoms with Gasteiger partial charge in [-0.15, -0.1) is 0 Å². The molecule has 4 aliphatic carbocycles. The van der Waals surface area contributed by atoms with E-state index in [1.807, 2.05) is 6.08 Å². The van der Waals surface area contributed by atoms with Crippen LogP contribution in [0.2, 0.25) is 36.3 Å². The standard InChI is InChI=1S/C35H64O5Si2/c1-23-18-25-24(26(36)19-23)20-27(39-41(12,13)31(2,3)4)30-33(25,8)21-29(40-42(14,15)32(5,6)7)35(10)28(38-22-37-11)16-17-34(30,35)9/h19,24-25,27-30H,16-18,20-22H2,1-15H3/t24-,25+,27+,28-,29+,30-,33-,34-,35+/m0/s1. The summed E-state index contributed by atoms with van der Waals surface area (Å²) >= 11 is 0. The quantitative estimate of drug-likeness (QED) is 0.210. The van der Waals surface area contributed by atoms with Crippen LogP contribution >= 0.6 is 0 Å². The van der Waals surface area contributed by atoms with Gasteiger partial charge in [-0.1, -0.05) is 67.9 Å². The van der Waals surface area contributed by atoms with Crippen LogP contribution in [-0.4, -0.2) is 54.6 Å². The van der Waals surface area contributed by atoms with Gasteiger partial charge in [0.25, 0.3) is 0 Å². The zero-order chi connectivity index (χ0) is 31.9. The SMILES string of the molecule is COCO[C@H]1CC[C@@]2(C)[C@H]3[C@H](O[Si](C)(C)C(C)(C)C)C[C@@H]4C(=O)C=C(C)C[C@H]4[C@]3(C)C[C@@H](O[Si](C)(C)C(C)(C)C)[C@@]12C. The summed E-state index contributed by atoms with van der Waals surface area (Å²) in [7, 11) is -2.52. The monoisotopic (exact) mass is 620 g/mol. The van der Waals surface area contributed by atoms with E-state index in [9.17, 15) is 4.79 Å². The van der Waals surface area contributed by atoms with Crippen LogP contribution in [0.15, 0.2) is 11.6 Å². The summed E-state index contributed by atoms with van der Waals surface area (Å²) in [4.78, 5) is 13.8. The molecule has 0 aromatic heterocycles. The molecule has 0 N–H and O–H groups in total. The number of fused-ring (bicyclic) bond motifs is 5. The van der Waals surface area contributed by atoms with Crippen molar-refractivity contribution in [2.75, 3.05) is 13.9 Å². The molecule has 0 saturated heterocycles. The molecule has 0 aliphatic heterocycles. The number of carbonyl (C=O) groups is 1. The predicted molar refractivity (Wildman–Crippen MR) is 178 cm³/mol. The second-order valence-electron chi connectivity index (χ2n) is 18.3. The Kier molecular flexibility index (Phi) is 8.96. The number of ether oxygens (including phenoxy) is 2. The number of methoxy groups -OCH3 is 1. The number of carbonyl (C=O) groups excluding carboxylic acids is 1. The van der Waals surface area contributed by atoms with Crippen LogP contribution < -0.4 is 0 Å². The molecule has 4 rings (SSSR count). The third-order valence-electron chi connectivity index (χ3n) is 13.9. The Morgan fingerprint density at radius 2 is 1.50 bits per heavy atom. The van der Waals surface area contributed by atoms with Crippen LogP contribution in [0.1, 0.15) is 101 Å². The fraction of sp³-hybridized carbons (Fsp3) is 0.914. The average molecular weight is 621 g/mol. The molecule has 42 heavy (non-hydrogen) atoms. The van der Waals surface area contributed by atoms with Crippen molar-refractivity contribution in [3.8, 4) is 0 Å². The van der Waals surface area contributed by atoms with E-state index in [1.54, 1.807) is 7.11 Å². The van der Waals surface area contributed by atoms with Crippen LogP contribution in [-0.2, 0) is 23.1 Å². The summed E-state index contributed by atoms with van der Waals surface area (Å²) in [6.45, 7) is 33.6. The molecule has 3 saturated carbocycles. The van der Waals surface area contributed by atoms with E-state index in [2.05, 4.69) is 95.4 Å². The lowest BCUT2D eigenvalue weighted by molar-refractivity contribution is -0.255. The maximum Gasteiger partial charge on any atom is 0.192 e. The minimum absolute atomic E-state index is 0.0214. The number of hydrogen-bond donors (Lipinski definition) is 0. The highest BCUT2D eigenvalue weighted by Crippen LogP contribution is 2.74. The van der Waals surface area contributed by atoms with Crippen LogP contribution in [0, 0.1) is 34.0 Å².